The van der Waals surface area contributed by atoms with Gasteiger partial charge >= 0.3 is 0 Å². The summed E-state index contributed by atoms with van der Waals surface area (Å²) >= 11 is 0. The van der Waals surface area contributed by atoms with Gasteiger partial charge in [-0.25, -0.2) is 15.0 Å². The first-order valence-electron chi connectivity index (χ1n) is 15.7. The molecular formula is C43H27N3O. The van der Waals surface area contributed by atoms with Gasteiger partial charge in [0.15, 0.2) is 17.5 Å². The first-order chi connectivity index (χ1) is 23.3. The molecule has 220 valence electrons. The van der Waals surface area contributed by atoms with Gasteiger partial charge in [0, 0.05) is 27.5 Å². The first kappa shape index (κ1) is 27.0. The second-order valence-electron chi connectivity index (χ2n) is 11.6. The fraction of sp³-hybridized carbons (Fsp3) is 0. The molecule has 0 aliphatic heterocycles. The molecule has 0 aliphatic rings. The summed E-state index contributed by atoms with van der Waals surface area (Å²) < 4.78 is 6.20. The highest BCUT2D eigenvalue weighted by atomic mass is 16.3. The minimum atomic E-state index is 0.621. The van der Waals surface area contributed by atoms with Gasteiger partial charge in [0.2, 0.25) is 0 Å². The van der Waals surface area contributed by atoms with E-state index in [1.54, 1.807) is 0 Å². The zero-order valence-corrected chi connectivity index (χ0v) is 25.3. The maximum Gasteiger partial charge on any atom is 0.164 e. The maximum absolute atomic E-state index is 6.20. The van der Waals surface area contributed by atoms with Gasteiger partial charge in [-0.3, -0.25) is 0 Å². The van der Waals surface area contributed by atoms with Crippen LogP contribution in [0, 0.1) is 0 Å². The Hall–Kier alpha value is -6.39. The third-order valence-corrected chi connectivity index (χ3v) is 8.75. The highest BCUT2D eigenvalue weighted by Gasteiger charge is 2.17. The number of rotatable bonds is 5. The lowest BCUT2D eigenvalue weighted by Crippen LogP contribution is -2.00. The van der Waals surface area contributed by atoms with Gasteiger partial charge in [0.1, 0.15) is 11.2 Å². The van der Waals surface area contributed by atoms with E-state index in [-0.39, 0.29) is 0 Å². The number of fused-ring (bicyclic) bond motifs is 4. The highest BCUT2D eigenvalue weighted by molar-refractivity contribution is 6.12. The van der Waals surface area contributed by atoms with E-state index in [1.807, 2.05) is 30.3 Å². The Labute approximate surface area is 271 Å². The van der Waals surface area contributed by atoms with Crippen LogP contribution in [0.4, 0.5) is 0 Å². The van der Waals surface area contributed by atoms with E-state index in [2.05, 4.69) is 133 Å². The predicted octanol–water partition coefficient (Wildman–Crippen LogP) is 11.3. The number of benzene rings is 7. The Bertz CT molecular complexity index is 2560. The van der Waals surface area contributed by atoms with Gasteiger partial charge in [-0.05, 0) is 51.2 Å². The molecule has 4 heteroatoms. The summed E-state index contributed by atoms with van der Waals surface area (Å²) in [6.07, 6.45) is 0. The molecule has 0 saturated carbocycles. The van der Waals surface area contributed by atoms with E-state index in [0.29, 0.717) is 17.5 Å². The van der Waals surface area contributed by atoms with Crippen LogP contribution in [0.25, 0.3) is 89.1 Å². The molecule has 0 N–H and O–H groups in total. The lowest BCUT2D eigenvalue weighted by molar-refractivity contribution is 0.669. The Morgan fingerprint density at radius 3 is 1.77 bits per heavy atom. The first-order valence-corrected chi connectivity index (χ1v) is 15.7. The average molecular weight is 602 g/mol. The lowest BCUT2D eigenvalue weighted by Gasteiger charge is -2.12. The van der Waals surface area contributed by atoms with Gasteiger partial charge in [-0.15, -0.1) is 0 Å². The smallest absolute Gasteiger partial charge is 0.164 e. The van der Waals surface area contributed by atoms with Gasteiger partial charge in [-0.2, -0.15) is 0 Å². The van der Waals surface area contributed by atoms with Gasteiger partial charge < -0.3 is 4.42 Å². The number of para-hydroxylation sites is 1. The Morgan fingerprint density at radius 1 is 0.340 bits per heavy atom. The fourth-order valence-electron chi connectivity index (χ4n) is 6.46. The van der Waals surface area contributed by atoms with Crippen molar-refractivity contribution in [2.75, 3.05) is 0 Å². The molecule has 0 saturated heterocycles. The summed E-state index contributed by atoms with van der Waals surface area (Å²) in [7, 11) is 0. The van der Waals surface area contributed by atoms with Crippen molar-refractivity contribution >= 4 is 32.7 Å². The number of aromatic nitrogens is 3. The normalized spacial score (nSPS) is 11.4. The standard InChI is InChI=1S/C43H27N3O/c1-2-11-28(12-3-1)29-23-25-31(26-24-29)41-44-42(46-43(45-41)36-20-9-14-30-13-4-5-17-34(30)36)33-16-8-15-32(27-33)35-19-10-22-39-40(35)37-18-6-7-21-38(37)47-39/h1-27H. The SMILES string of the molecule is c1ccc(-c2ccc(-c3nc(-c4cccc(-c5cccc6oc7ccccc7c56)c4)nc(-c4cccc5ccccc45)n3)cc2)cc1. The van der Waals surface area contributed by atoms with Crippen molar-refractivity contribution in [2.24, 2.45) is 0 Å². The van der Waals surface area contributed by atoms with Crippen LogP contribution in [0.5, 0.6) is 0 Å². The Morgan fingerprint density at radius 2 is 0.894 bits per heavy atom. The van der Waals surface area contributed by atoms with E-state index in [1.165, 1.54) is 5.56 Å². The van der Waals surface area contributed by atoms with Crippen LogP contribution >= 0.6 is 0 Å². The molecule has 7 aromatic carbocycles. The van der Waals surface area contributed by atoms with Crippen molar-refractivity contribution in [1.82, 2.24) is 15.0 Å². The topological polar surface area (TPSA) is 51.8 Å². The molecule has 0 atom stereocenters. The third-order valence-electron chi connectivity index (χ3n) is 8.75. The van der Waals surface area contributed by atoms with E-state index >= 15 is 0 Å². The Balaban J connectivity index is 1.21. The largest absolute Gasteiger partial charge is 0.456 e. The van der Waals surface area contributed by atoms with Crippen LogP contribution in [0.15, 0.2) is 168 Å². The van der Waals surface area contributed by atoms with Crippen molar-refractivity contribution < 1.29 is 4.42 Å². The molecule has 0 unspecified atom stereocenters. The van der Waals surface area contributed by atoms with Gasteiger partial charge in [-0.1, -0.05) is 146 Å². The molecule has 0 fully saturated rings. The second kappa shape index (κ2) is 11.2. The van der Waals surface area contributed by atoms with Crippen LogP contribution in [0.3, 0.4) is 0 Å². The van der Waals surface area contributed by atoms with Crippen molar-refractivity contribution in [3.8, 4) is 56.4 Å². The molecule has 47 heavy (non-hydrogen) atoms. The second-order valence-corrected chi connectivity index (χ2v) is 11.6. The molecular weight excluding hydrogens is 574 g/mol. The zero-order valence-electron chi connectivity index (χ0n) is 25.3. The minimum absolute atomic E-state index is 0.621. The quantitative estimate of drug-likeness (QED) is 0.197. The number of hydrogen-bond acceptors (Lipinski definition) is 4. The maximum atomic E-state index is 6.20. The molecule has 2 heterocycles. The summed E-state index contributed by atoms with van der Waals surface area (Å²) in [5.41, 5.74) is 9.06. The molecule has 4 nitrogen and oxygen atoms in total. The molecule has 0 spiro atoms. The van der Waals surface area contributed by atoms with Crippen molar-refractivity contribution in [3.05, 3.63) is 164 Å². The molecule has 0 aliphatic carbocycles. The molecule has 9 aromatic rings. The van der Waals surface area contributed by atoms with E-state index in [9.17, 15) is 0 Å². The Kier molecular flexibility index (Phi) is 6.43. The van der Waals surface area contributed by atoms with Crippen LogP contribution in [-0.2, 0) is 0 Å². The van der Waals surface area contributed by atoms with Crippen LogP contribution in [0.1, 0.15) is 0 Å². The monoisotopic (exact) mass is 601 g/mol. The third kappa shape index (κ3) is 4.84. The number of nitrogens with zero attached hydrogens (tertiary/aromatic N) is 3. The van der Waals surface area contributed by atoms with E-state index in [0.717, 1.165) is 66.1 Å². The van der Waals surface area contributed by atoms with Crippen molar-refractivity contribution in [1.29, 1.82) is 0 Å². The van der Waals surface area contributed by atoms with Gasteiger partial charge in [0.25, 0.3) is 0 Å². The molecule has 0 bridgehead atoms. The average Bonchev–Trinajstić information content (AvgIpc) is 3.54. The molecule has 9 rings (SSSR count). The summed E-state index contributed by atoms with van der Waals surface area (Å²) in [5.74, 6) is 1.89. The predicted molar refractivity (Wildman–Crippen MR) is 192 cm³/mol. The van der Waals surface area contributed by atoms with Crippen LogP contribution in [-0.4, -0.2) is 15.0 Å². The summed E-state index contributed by atoms with van der Waals surface area (Å²) in [4.78, 5) is 15.3. The van der Waals surface area contributed by atoms with Crippen LogP contribution in [0.2, 0.25) is 0 Å². The molecule has 0 amide bonds. The van der Waals surface area contributed by atoms with Crippen molar-refractivity contribution in [2.45, 2.75) is 0 Å². The fourth-order valence-corrected chi connectivity index (χ4v) is 6.46. The molecule has 2 aromatic heterocycles. The number of hydrogen-bond donors (Lipinski definition) is 0. The molecule has 0 radical (unpaired) electrons. The number of furan rings is 1. The lowest BCUT2D eigenvalue weighted by atomic mass is 9.97. The van der Waals surface area contributed by atoms with Gasteiger partial charge in [0.05, 0.1) is 0 Å². The van der Waals surface area contributed by atoms with E-state index in [4.69, 9.17) is 19.4 Å². The van der Waals surface area contributed by atoms with E-state index < -0.39 is 0 Å². The zero-order chi connectivity index (χ0) is 31.2. The summed E-state index contributed by atoms with van der Waals surface area (Å²) in [6, 6.07) is 56.3. The summed E-state index contributed by atoms with van der Waals surface area (Å²) in [5, 5.41) is 4.45. The summed E-state index contributed by atoms with van der Waals surface area (Å²) in [6.45, 7) is 0. The minimum Gasteiger partial charge on any atom is -0.456 e. The van der Waals surface area contributed by atoms with Crippen LogP contribution < -0.4 is 0 Å². The highest BCUT2D eigenvalue weighted by Crippen LogP contribution is 2.38. The van der Waals surface area contributed by atoms with Crippen molar-refractivity contribution in [3.63, 3.8) is 0 Å².